The number of carboxylic acids is 2. The number of carbonyl (C=O) groups is 2. The van der Waals surface area contributed by atoms with E-state index in [1.165, 1.54) is 6.92 Å². The Kier molecular flexibility index (Phi) is 23.8. The van der Waals surface area contributed by atoms with Gasteiger partial charge in [-0.25, -0.2) is 0 Å². The van der Waals surface area contributed by atoms with E-state index in [1.54, 1.807) is 0 Å². The van der Waals surface area contributed by atoms with Gasteiger partial charge in [0, 0.05) is 0 Å². The van der Waals surface area contributed by atoms with Crippen LogP contribution in [0.5, 0.6) is 0 Å². The fourth-order valence-corrected chi connectivity index (χ4v) is 0. The smallest absolute Gasteiger partial charge is 0.545 e. The summed E-state index contributed by atoms with van der Waals surface area (Å²) in [6.07, 6.45) is 0.722. The Morgan fingerprint density at radius 3 is 1.46 bits per heavy atom. The van der Waals surface area contributed by atoms with Crippen molar-refractivity contribution in [2.45, 2.75) is 14.4 Å². The summed E-state index contributed by atoms with van der Waals surface area (Å²) in [7, 11) is 0. The van der Waals surface area contributed by atoms with Crippen molar-refractivity contribution >= 4 is 11.9 Å². The van der Waals surface area contributed by atoms with Crippen molar-refractivity contribution in [1.82, 2.24) is 0 Å². The van der Waals surface area contributed by atoms with Crippen LogP contribution in [-0.2, 0) is 29.1 Å². The van der Waals surface area contributed by atoms with Crippen LogP contribution in [0.4, 0.5) is 0 Å². The minimum Gasteiger partial charge on any atom is -0.545 e. The summed E-state index contributed by atoms with van der Waals surface area (Å²) >= 11 is 0. The topological polar surface area (TPSA) is 80.3 Å². The normalized spacial score (nSPS) is 5.92. The molecule has 0 heterocycles. The van der Waals surface area contributed by atoms with E-state index in [0.717, 1.165) is 6.08 Å². The summed E-state index contributed by atoms with van der Waals surface area (Å²) in [6.45, 7) is 7.38. The third-order valence-corrected chi connectivity index (χ3v) is 0.515. The van der Waals surface area contributed by atoms with Crippen LogP contribution in [0.15, 0.2) is 24.8 Å². The number of hydrogen-bond donors (Lipinski definition) is 0. The zero-order chi connectivity index (χ0) is 9.44. The van der Waals surface area contributed by atoms with Gasteiger partial charge in [-0.2, -0.15) is 0 Å². The van der Waals surface area contributed by atoms with Crippen molar-refractivity contribution in [3.63, 3.8) is 0 Å². The summed E-state index contributed by atoms with van der Waals surface area (Å²) < 4.78 is 0. The minimum atomic E-state index is -1.23. The number of rotatable bonds is 2. The van der Waals surface area contributed by atoms with E-state index in [9.17, 15) is 9.90 Å². The van der Waals surface area contributed by atoms with E-state index >= 15 is 0 Å². The van der Waals surface area contributed by atoms with E-state index < -0.39 is 11.9 Å². The SMILES string of the molecule is C.C=C(C)C(=O)[O-].C=CC(=O)[O-].[Zn+2]. The molecule has 0 rings (SSSR count). The van der Waals surface area contributed by atoms with E-state index in [1.807, 2.05) is 0 Å². The number of carboxylic acid groups (broad SMARTS) is 2. The van der Waals surface area contributed by atoms with E-state index in [2.05, 4.69) is 13.2 Å². The molecule has 0 atom stereocenters. The molecule has 0 aliphatic heterocycles. The van der Waals surface area contributed by atoms with Gasteiger partial charge in [0.25, 0.3) is 0 Å². The van der Waals surface area contributed by atoms with Gasteiger partial charge in [0.15, 0.2) is 0 Å². The first kappa shape index (κ1) is 22.7. The molecule has 0 spiro atoms. The van der Waals surface area contributed by atoms with Gasteiger partial charge in [-0.3, -0.25) is 0 Å². The molecule has 0 aromatic rings. The molecule has 70 valence electrons. The Morgan fingerprint density at radius 1 is 1.31 bits per heavy atom. The summed E-state index contributed by atoms with van der Waals surface area (Å²) in [5, 5.41) is 18.6. The third kappa shape index (κ3) is 35.5. The second kappa shape index (κ2) is 13.6. The molecule has 0 aromatic heterocycles. The minimum absolute atomic E-state index is 0. The molecule has 0 bridgehead atoms. The average Bonchev–Trinajstić information content (AvgIpc) is 1.89. The summed E-state index contributed by atoms with van der Waals surface area (Å²) in [4.78, 5) is 18.6. The van der Waals surface area contributed by atoms with Crippen molar-refractivity contribution in [2.24, 2.45) is 0 Å². The van der Waals surface area contributed by atoms with Crippen molar-refractivity contribution < 1.29 is 39.3 Å². The largest absolute Gasteiger partial charge is 2.00 e. The van der Waals surface area contributed by atoms with Crippen molar-refractivity contribution in [1.29, 1.82) is 0 Å². The van der Waals surface area contributed by atoms with E-state index in [0.29, 0.717) is 0 Å². The molecule has 0 unspecified atom stereocenters. The molecular weight excluding hydrogens is 225 g/mol. The van der Waals surface area contributed by atoms with Crippen LogP contribution < -0.4 is 10.2 Å². The van der Waals surface area contributed by atoms with Crippen LogP contribution in [0.3, 0.4) is 0 Å². The van der Waals surface area contributed by atoms with E-state index in [-0.39, 0.29) is 32.5 Å². The molecule has 0 saturated heterocycles. The van der Waals surface area contributed by atoms with Gasteiger partial charge in [-0.15, -0.1) is 0 Å². The average molecular weight is 238 g/mol. The second-order valence-electron chi connectivity index (χ2n) is 1.59. The fourth-order valence-electron chi connectivity index (χ4n) is 0. The summed E-state index contributed by atoms with van der Waals surface area (Å²) in [5.74, 6) is -2.42. The molecule has 13 heavy (non-hydrogen) atoms. The first-order chi connectivity index (χ1) is 4.91. The number of hydrogen-bond acceptors (Lipinski definition) is 4. The quantitative estimate of drug-likeness (QED) is 0.450. The maximum atomic E-state index is 9.49. The molecule has 0 N–H and O–H groups in total. The van der Waals surface area contributed by atoms with Gasteiger partial charge >= 0.3 is 19.5 Å². The van der Waals surface area contributed by atoms with Crippen LogP contribution in [0.25, 0.3) is 0 Å². The first-order valence-electron chi connectivity index (χ1n) is 2.62. The molecule has 0 fully saturated rings. The van der Waals surface area contributed by atoms with Gasteiger partial charge < -0.3 is 19.8 Å². The molecular formula is C8H12O4Zn. The van der Waals surface area contributed by atoms with Gasteiger partial charge in [0.05, 0.1) is 11.9 Å². The number of carbonyl (C=O) groups excluding carboxylic acids is 2. The molecule has 0 amide bonds. The zero-order valence-electron chi connectivity index (χ0n) is 6.83. The van der Waals surface area contributed by atoms with Crippen molar-refractivity contribution in [3.05, 3.63) is 24.8 Å². The van der Waals surface area contributed by atoms with Crippen molar-refractivity contribution in [2.75, 3.05) is 0 Å². The molecule has 0 aliphatic carbocycles. The Morgan fingerprint density at radius 2 is 1.46 bits per heavy atom. The molecule has 0 aromatic carbocycles. The third-order valence-electron chi connectivity index (χ3n) is 0.515. The Hall–Kier alpha value is -0.957. The Labute approximate surface area is 90.7 Å². The second-order valence-corrected chi connectivity index (χ2v) is 1.59. The van der Waals surface area contributed by atoms with Crippen LogP contribution >= 0.6 is 0 Å². The first-order valence-corrected chi connectivity index (χ1v) is 2.62. The number of aliphatic carboxylic acids is 2. The summed E-state index contributed by atoms with van der Waals surface area (Å²) in [5.41, 5.74) is 0.0648. The summed E-state index contributed by atoms with van der Waals surface area (Å²) in [6, 6.07) is 0. The van der Waals surface area contributed by atoms with Crippen molar-refractivity contribution in [3.8, 4) is 0 Å². The fraction of sp³-hybridized carbons (Fsp3) is 0.250. The maximum Gasteiger partial charge on any atom is 2.00 e. The standard InChI is InChI=1S/C4H6O2.C3H4O2.CH4.Zn/c1-3(2)4(5)6;1-2-3(4)5;;/h1H2,2H3,(H,5,6);2H,1H2,(H,4,5);1H4;/q;;;+2/p-2. The molecule has 4 nitrogen and oxygen atoms in total. The molecule has 0 aliphatic rings. The Bertz CT molecular complexity index is 175. The predicted octanol–water partition coefficient (Wildman–Crippen LogP) is -1.13. The zero-order valence-corrected chi connectivity index (χ0v) is 9.80. The maximum absolute atomic E-state index is 9.49. The van der Waals surface area contributed by atoms with Gasteiger partial charge in [0.1, 0.15) is 0 Å². The molecule has 0 radical (unpaired) electrons. The van der Waals surface area contributed by atoms with Gasteiger partial charge in [-0.05, 0) is 18.6 Å². The predicted molar refractivity (Wildman–Crippen MR) is 41.8 cm³/mol. The molecule has 0 saturated carbocycles. The van der Waals surface area contributed by atoms with Crippen LogP contribution in [0.1, 0.15) is 14.4 Å². The van der Waals surface area contributed by atoms with Gasteiger partial charge in [0.2, 0.25) is 0 Å². The Balaban J connectivity index is -0.0000000546. The van der Waals surface area contributed by atoms with E-state index in [4.69, 9.17) is 9.90 Å². The monoisotopic (exact) mass is 236 g/mol. The van der Waals surface area contributed by atoms with Gasteiger partial charge in [-0.1, -0.05) is 20.6 Å². The molecule has 5 heteroatoms. The van der Waals surface area contributed by atoms with Crippen LogP contribution in [0, 0.1) is 0 Å². The van der Waals surface area contributed by atoms with Crippen LogP contribution in [0.2, 0.25) is 0 Å². The van der Waals surface area contributed by atoms with Crippen LogP contribution in [-0.4, -0.2) is 11.9 Å².